The van der Waals surface area contributed by atoms with Crippen LogP contribution in [0.2, 0.25) is 0 Å². The van der Waals surface area contributed by atoms with E-state index in [0.29, 0.717) is 18.8 Å². The van der Waals surface area contributed by atoms with Gasteiger partial charge in [0, 0.05) is 31.2 Å². The number of hydrogen-bond donors (Lipinski definition) is 1. The van der Waals surface area contributed by atoms with Gasteiger partial charge in [0.1, 0.15) is 0 Å². The van der Waals surface area contributed by atoms with Gasteiger partial charge in [-0.15, -0.1) is 0 Å². The number of hydrogen-bond acceptors (Lipinski definition) is 3. The Labute approximate surface area is 78.7 Å². The predicted molar refractivity (Wildman–Crippen MR) is 48.5 cm³/mol. The summed E-state index contributed by atoms with van der Waals surface area (Å²) in [6, 6.07) is 0.661. The summed E-state index contributed by atoms with van der Waals surface area (Å²) in [5.41, 5.74) is 0.282. The fourth-order valence-electron chi connectivity index (χ4n) is 2.65. The van der Waals surface area contributed by atoms with Crippen LogP contribution < -0.4 is 0 Å². The summed E-state index contributed by atoms with van der Waals surface area (Å²) in [7, 11) is 0. The number of likely N-dealkylation sites (tertiary alicyclic amines) is 1. The lowest BCUT2D eigenvalue weighted by Crippen LogP contribution is -2.41. The fourth-order valence-corrected chi connectivity index (χ4v) is 2.65. The van der Waals surface area contributed by atoms with Crippen LogP contribution >= 0.6 is 0 Å². The van der Waals surface area contributed by atoms with Crippen LogP contribution in [0.15, 0.2) is 0 Å². The Balaban J connectivity index is 1.62. The van der Waals surface area contributed by atoms with E-state index >= 15 is 0 Å². The van der Waals surface area contributed by atoms with E-state index < -0.39 is 0 Å². The lowest BCUT2D eigenvalue weighted by atomic mass is 10.1. The topological polar surface area (TPSA) is 32.7 Å². The van der Waals surface area contributed by atoms with Gasteiger partial charge in [-0.3, -0.25) is 4.90 Å². The van der Waals surface area contributed by atoms with Crippen molar-refractivity contribution in [3.05, 3.63) is 0 Å². The highest BCUT2D eigenvalue weighted by Crippen LogP contribution is 2.47. The minimum Gasteiger partial charge on any atom is -0.396 e. The summed E-state index contributed by atoms with van der Waals surface area (Å²) in [6.45, 7) is 3.51. The van der Waals surface area contributed by atoms with Crippen molar-refractivity contribution in [3.8, 4) is 0 Å². The molecule has 0 spiro atoms. The van der Waals surface area contributed by atoms with Crippen molar-refractivity contribution in [2.24, 2.45) is 5.41 Å². The Bertz CT molecular complexity index is 215. The molecule has 2 heterocycles. The molecule has 0 unspecified atom stereocenters. The average molecular weight is 183 g/mol. The maximum absolute atomic E-state index is 9.23. The quantitative estimate of drug-likeness (QED) is 0.680. The predicted octanol–water partition coefficient (Wildman–Crippen LogP) is 0.232. The molecule has 3 rings (SSSR count). The molecule has 0 aromatic heterocycles. The van der Waals surface area contributed by atoms with Crippen molar-refractivity contribution in [2.75, 3.05) is 26.3 Å². The summed E-state index contributed by atoms with van der Waals surface area (Å²) < 4.78 is 5.55. The van der Waals surface area contributed by atoms with E-state index in [-0.39, 0.29) is 5.41 Å². The molecular weight excluding hydrogens is 166 g/mol. The third-order valence-electron chi connectivity index (χ3n) is 3.84. The molecule has 13 heavy (non-hydrogen) atoms. The molecule has 1 saturated carbocycles. The molecule has 2 saturated heterocycles. The number of morpholine rings is 1. The first-order chi connectivity index (χ1) is 6.31. The number of aliphatic hydroxyl groups is 1. The average Bonchev–Trinajstić information content (AvgIpc) is 2.62. The highest BCUT2D eigenvalue weighted by molar-refractivity contribution is 5.00. The van der Waals surface area contributed by atoms with E-state index in [1.54, 1.807) is 0 Å². The third kappa shape index (κ3) is 1.30. The molecule has 2 aliphatic heterocycles. The summed E-state index contributed by atoms with van der Waals surface area (Å²) >= 11 is 0. The van der Waals surface area contributed by atoms with Crippen molar-refractivity contribution in [1.82, 2.24) is 4.90 Å². The minimum atomic E-state index is 0.282. The van der Waals surface area contributed by atoms with E-state index in [1.165, 1.54) is 19.3 Å². The van der Waals surface area contributed by atoms with E-state index in [0.717, 1.165) is 19.7 Å². The summed E-state index contributed by atoms with van der Waals surface area (Å²) in [6.07, 6.45) is 4.16. The van der Waals surface area contributed by atoms with Crippen LogP contribution in [0.4, 0.5) is 0 Å². The van der Waals surface area contributed by atoms with E-state index in [4.69, 9.17) is 4.74 Å². The van der Waals surface area contributed by atoms with Crippen molar-refractivity contribution in [3.63, 3.8) is 0 Å². The molecule has 1 aliphatic carbocycles. The van der Waals surface area contributed by atoms with Crippen molar-refractivity contribution in [1.29, 1.82) is 0 Å². The molecule has 0 radical (unpaired) electrons. The van der Waals surface area contributed by atoms with E-state index in [2.05, 4.69) is 4.90 Å². The first-order valence-electron chi connectivity index (χ1n) is 5.28. The first-order valence-corrected chi connectivity index (χ1v) is 5.28. The summed E-state index contributed by atoms with van der Waals surface area (Å²) in [5, 5.41) is 9.23. The van der Waals surface area contributed by atoms with Gasteiger partial charge in [0.15, 0.2) is 0 Å². The van der Waals surface area contributed by atoms with Gasteiger partial charge in [0.05, 0.1) is 12.7 Å². The van der Waals surface area contributed by atoms with Gasteiger partial charge in [0.25, 0.3) is 0 Å². The molecule has 3 heteroatoms. The number of rotatable bonds is 3. The molecule has 3 fully saturated rings. The highest BCUT2D eigenvalue weighted by atomic mass is 16.5. The van der Waals surface area contributed by atoms with Crippen molar-refractivity contribution < 1.29 is 9.84 Å². The number of ether oxygens (including phenoxy) is 1. The van der Waals surface area contributed by atoms with Crippen LogP contribution in [0.5, 0.6) is 0 Å². The minimum absolute atomic E-state index is 0.282. The zero-order valence-electron chi connectivity index (χ0n) is 7.91. The number of nitrogens with zero attached hydrogens (tertiary/aromatic N) is 1. The number of fused-ring (bicyclic) bond motifs is 2. The summed E-state index contributed by atoms with van der Waals surface area (Å²) in [5.74, 6) is 0. The second kappa shape index (κ2) is 2.69. The lowest BCUT2D eigenvalue weighted by Gasteiger charge is -2.29. The van der Waals surface area contributed by atoms with Gasteiger partial charge in [-0.05, 0) is 19.3 Å². The molecule has 1 N–H and O–H groups in total. The van der Waals surface area contributed by atoms with Crippen LogP contribution in [0.25, 0.3) is 0 Å². The Morgan fingerprint density at radius 2 is 2.31 bits per heavy atom. The van der Waals surface area contributed by atoms with Gasteiger partial charge in [-0.25, -0.2) is 0 Å². The van der Waals surface area contributed by atoms with Crippen LogP contribution in [0, 0.1) is 5.41 Å². The maximum Gasteiger partial charge on any atom is 0.0718 e. The second-order valence-electron chi connectivity index (χ2n) is 4.93. The largest absolute Gasteiger partial charge is 0.396 e. The smallest absolute Gasteiger partial charge is 0.0718 e. The standard InChI is InChI=1S/C10H17NO2/c12-7-10(1-2-10)6-11-4-9-3-8(11)5-13-9/h8-9,12H,1-7H2/t8-,9-/m0/s1. The van der Waals surface area contributed by atoms with Crippen LogP contribution in [0.1, 0.15) is 19.3 Å². The van der Waals surface area contributed by atoms with Gasteiger partial charge >= 0.3 is 0 Å². The molecule has 3 aliphatic rings. The molecular formula is C10H17NO2. The molecule has 2 atom stereocenters. The SMILES string of the molecule is OCC1(CN2C[C@@H]3C[C@H]2CO3)CC1. The molecule has 2 bridgehead atoms. The Morgan fingerprint density at radius 3 is 2.77 bits per heavy atom. The lowest BCUT2D eigenvalue weighted by molar-refractivity contribution is 0.0168. The van der Waals surface area contributed by atoms with Crippen LogP contribution in [-0.4, -0.2) is 48.5 Å². The maximum atomic E-state index is 9.23. The van der Waals surface area contributed by atoms with Crippen molar-refractivity contribution in [2.45, 2.75) is 31.4 Å². The Hall–Kier alpha value is -0.120. The molecule has 0 amide bonds. The molecule has 0 aromatic rings. The van der Waals surface area contributed by atoms with Gasteiger partial charge in [-0.2, -0.15) is 0 Å². The van der Waals surface area contributed by atoms with Gasteiger partial charge in [-0.1, -0.05) is 0 Å². The monoisotopic (exact) mass is 183 g/mol. The van der Waals surface area contributed by atoms with E-state index in [1.807, 2.05) is 0 Å². The zero-order chi connectivity index (χ0) is 8.89. The number of aliphatic hydroxyl groups excluding tert-OH is 1. The molecule has 74 valence electrons. The first kappa shape index (κ1) is 8.21. The van der Waals surface area contributed by atoms with Crippen LogP contribution in [-0.2, 0) is 4.74 Å². The molecule has 0 aromatic carbocycles. The second-order valence-corrected chi connectivity index (χ2v) is 4.93. The van der Waals surface area contributed by atoms with Crippen molar-refractivity contribution >= 4 is 0 Å². The fraction of sp³-hybridized carbons (Fsp3) is 1.00. The normalized spacial score (nSPS) is 41.3. The van der Waals surface area contributed by atoms with Gasteiger partial charge in [0.2, 0.25) is 0 Å². The van der Waals surface area contributed by atoms with Crippen LogP contribution in [0.3, 0.4) is 0 Å². The van der Waals surface area contributed by atoms with E-state index in [9.17, 15) is 5.11 Å². The van der Waals surface area contributed by atoms with Gasteiger partial charge < -0.3 is 9.84 Å². The molecule has 3 nitrogen and oxygen atoms in total. The Kier molecular flexibility index (Phi) is 1.70. The zero-order valence-corrected chi connectivity index (χ0v) is 7.91. The summed E-state index contributed by atoms with van der Waals surface area (Å²) in [4.78, 5) is 2.53. The Morgan fingerprint density at radius 1 is 1.46 bits per heavy atom. The highest BCUT2D eigenvalue weighted by Gasteiger charge is 2.48. The third-order valence-corrected chi connectivity index (χ3v) is 3.84.